The van der Waals surface area contributed by atoms with Crippen molar-refractivity contribution in [2.75, 3.05) is 0 Å². The fourth-order valence-electron chi connectivity index (χ4n) is 2.18. The van der Waals surface area contributed by atoms with E-state index in [0.29, 0.717) is 11.0 Å². The maximum absolute atomic E-state index is 9.31. The van der Waals surface area contributed by atoms with Crippen LogP contribution in [0.15, 0.2) is 73.1 Å². The van der Waals surface area contributed by atoms with Crippen molar-refractivity contribution < 1.29 is 27.3 Å². The van der Waals surface area contributed by atoms with Crippen LogP contribution < -0.4 is 0 Å². The first-order valence-electron chi connectivity index (χ1n) is 6.81. The normalized spacial score (nSPS) is 9.74. The molecular formula is C18H14CuN2O2+2. The van der Waals surface area contributed by atoms with Crippen molar-refractivity contribution in [1.29, 1.82) is 0 Å². The van der Waals surface area contributed by atoms with Gasteiger partial charge in [-0.05, 0) is 24.3 Å². The molecule has 5 heteroatoms. The molecule has 0 fully saturated rings. The topological polar surface area (TPSA) is 66.2 Å². The molecule has 4 rings (SSSR count). The number of benzene rings is 2. The van der Waals surface area contributed by atoms with Crippen LogP contribution in [0.4, 0.5) is 0 Å². The molecular weight excluding hydrogens is 340 g/mol. The number of pyridine rings is 2. The van der Waals surface area contributed by atoms with Crippen molar-refractivity contribution in [1.82, 2.24) is 9.97 Å². The second-order valence-electron chi connectivity index (χ2n) is 4.70. The summed E-state index contributed by atoms with van der Waals surface area (Å²) in [6.45, 7) is 0. The third-order valence-electron chi connectivity index (χ3n) is 3.22. The van der Waals surface area contributed by atoms with Crippen LogP contribution in [0.5, 0.6) is 11.5 Å². The van der Waals surface area contributed by atoms with Crippen molar-refractivity contribution >= 4 is 21.8 Å². The number of hydrogen-bond donors (Lipinski definition) is 2. The van der Waals surface area contributed by atoms with E-state index in [1.807, 2.05) is 36.4 Å². The minimum Gasteiger partial charge on any atom is -0.506 e. The Balaban J connectivity index is 0.000000160. The molecule has 0 atom stereocenters. The average Bonchev–Trinajstić information content (AvgIpc) is 2.57. The number of aromatic hydroxyl groups is 2. The van der Waals surface area contributed by atoms with E-state index < -0.39 is 0 Å². The molecule has 4 nitrogen and oxygen atoms in total. The van der Waals surface area contributed by atoms with E-state index in [4.69, 9.17) is 0 Å². The molecule has 0 amide bonds. The van der Waals surface area contributed by atoms with E-state index in [1.165, 1.54) is 0 Å². The zero-order valence-corrected chi connectivity index (χ0v) is 13.0. The maximum atomic E-state index is 9.31. The Bertz CT molecular complexity index is 841. The van der Waals surface area contributed by atoms with E-state index in [2.05, 4.69) is 9.97 Å². The first kappa shape index (κ1) is 16.7. The molecule has 1 radical (unpaired) electrons. The van der Waals surface area contributed by atoms with Gasteiger partial charge < -0.3 is 10.2 Å². The minimum atomic E-state index is 0. The Labute approximate surface area is 143 Å². The Hall–Kier alpha value is -2.62. The number of fused-ring (bicyclic) bond motifs is 2. The molecule has 2 aromatic heterocycles. The van der Waals surface area contributed by atoms with Crippen LogP contribution >= 0.6 is 0 Å². The molecule has 0 spiro atoms. The van der Waals surface area contributed by atoms with Crippen molar-refractivity contribution in [3.05, 3.63) is 73.1 Å². The fraction of sp³-hybridized carbons (Fsp3) is 0. The second-order valence-corrected chi connectivity index (χ2v) is 4.70. The van der Waals surface area contributed by atoms with Crippen LogP contribution in [-0.4, -0.2) is 20.2 Å². The summed E-state index contributed by atoms with van der Waals surface area (Å²) in [5.41, 5.74) is 1.32. The Kier molecular flexibility index (Phi) is 5.52. The van der Waals surface area contributed by atoms with Crippen molar-refractivity contribution in [2.24, 2.45) is 0 Å². The van der Waals surface area contributed by atoms with Gasteiger partial charge in [-0.25, -0.2) is 0 Å². The predicted octanol–water partition coefficient (Wildman–Crippen LogP) is 3.88. The Morgan fingerprint density at radius 2 is 0.957 bits per heavy atom. The van der Waals surface area contributed by atoms with Gasteiger partial charge >= 0.3 is 17.1 Å². The van der Waals surface area contributed by atoms with Crippen LogP contribution in [0.2, 0.25) is 0 Å². The van der Waals surface area contributed by atoms with Gasteiger partial charge in [0.25, 0.3) is 0 Å². The van der Waals surface area contributed by atoms with Gasteiger partial charge in [0.15, 0.2) is 0 Å². The zero-order valence-electron chi connectivity index (χ0n) is 12.0. The number of phenols is 2. The van der Waals surface area contributed by atoms with Gasteiger partial charge in [0.05, 0.1) is 0 Å². The zero-order chi connectivity index (χ0) is 15.4. The van der Waals surface area contributed by atoms with E-state index in [1.54, 1.807) is 36.7 Å². The van der Waals surface area contributed by atoms with Crippen molar-refractivity contribution in [3.8, 4) is 11.5 Å². The van der Waals surface area contributed by atoms with Gasteiger partial charge in [-0.1, -0.05) is 36.4 Å². The van der Waals surface area contributed by atoms with Crippen LogP contribution in [0, 0.1) is 0 Å². The molecule has 0 bridgehead atoms. The standard InChI is InChI=1S/2C9H7NO.Cu/c2*11-8-5-1-3-7-4-2-6-10-9(7)8;/h2*1-6,11H;/q;;+2. The van der Waals surface area contributed by atoms with Gasteiger partial charge in [0.2, 0.25) is 0 Å². The number of aromatic nitrogens is 2. The van der Waals surface area contributed by atoms with Gasteiger partial charge in [-0.2, -0.15) is 0 Å². The van der Waals surface area contributed by atoms with Crippen LogP contribution in [-0.2, 0) is 17.1 Å². The summed E-state index contributed by atoms with van der Waals surface area (Å²) in [6, 6.07) is 18.3. The molecule has 2 aromatic carbocycles. The molecule has 117 valence electrons. The molecule has 0 aliphatic carbocycles. The van der Waals surface area contributed by atoms with Gasteiger partial charge in [0.1, 0.15) is 22.5 Å². The third-order valence-corrected chi connectivity index (χ3v) is 3.22. The predicted molar refractivity (Wildman–Crippen MR) is 86.8 cm³/mol. The summed E-state index contributed by atoms with van der Waals surface area (Å²) >= 11 is 0. The summed E-state index contributed by atoms with van der Waals surface area (Å²) in [6.07, 6.45) is 3.34. The second kappa shape index (κ2) is 7.58. The maximum Gasteiger partial charge on any atom is 2.00 e. The molecule has 0 unspecified atom stereocenters. The monoisotopic (exact) mass is 353 g/mol. The van der Waals surface area contributed by atoms with Crippen molar-refractivity contribution in [2.45, 2.75) is 0 Å². The summed E-state index contributed by atoms with van der Waals surface area (Å²) in [5, 5.41) is 20.5. The molecule has 0 aliphatic rings. The largest absolute Gasteiger partial charge is 2.00 e. The van der Waals surface area contributed by atoms with Gasteiger partial charge in [0, 0.05) is 23.2 Å². The van der Waals surface area contributed by atoms with Gasteiger partial charge in [-0.3, -0.25) is 9.97 Å². The van der Waals surface area contributed by atoms with Crippen LogP contribution in [0.3, 0.4) is 0 Å². The quantitative estimate of drug-likeness (QED) is 0.471. The summed E-state index contributed by atoms with van der Waals surface area (Å²) in [7, 11) is 0. The average molecular weight is 354 g/mol. The SMILES string of the molecule is Oc1cccc2cccnc12.Oc1cccc2cccnc12.[Cu+2]. The molecule has 4 aromatic rings. The summed E-state index contributed by atoms with van der Waals surface area (Å²) < 4.78 is 0. The number of para-hydroxylation sites is 2. The third kappa shape index (κ3) is 3.77. The number of rotatable bonds is 0. The fourth-order valence-corrected chi connectivity index (χ4v) is 2.18. The molecule has 23 heavy (non-hydrogen) atoms. The molecule has 0 saturated heterocycles. The Morgan fingerprint density at radius 3 is 1.35 bits per heavy atom. The van der Waals surface area contributed by atoms with Crippen LogP contribution in [0.1, 0.15) is 0 Å². The first-order valence-corrected chi connectivity index (χ1v) is 6.81. The first-order chi connectivity index (χ1) is 10.8. The van der Waals surface area contributed by atoms with Crippen LogP contribution in [0.25, 0.3) is 21.8 Å². The van der Waals surface area contributed by atoms with E-state index in [0.717, 1.165) is 10.8 Å². The molecule has 0 saturated carbocycles. The number of nitrogens with zero attached hydrogens (tertiary/aromatic N) is 2. The number of hydrogen-bond acceptors (Lipinski definition) is 4. The molecule has 0 aliphatic heterocycles. The van der Waals surface area contributed by atoms with E-state index in [9.17, 15) is 10.2 Å². The number of phenolic OH excluding ortho intramolecular Hbond substituents is 2. The Morgan fingerprint density at radius 1 is 0.565 bits per heavy atom. The summed E-state index contributed by atoms with van der Waals surface area (Å²) in [4.78, 5) is 8.06. The molecule has 2 heterocycles. The van der Waals surface area contributed by atoms with E-state index in [-0.39, 0.29) is 28.6 Å². The molecule has 2 N–H and O–H groups in total. The summed E-state index contributed by atoms with van der Waals surface area (Å²) in [5.74, 6) is 0.478. The minimum absolute atomic E-state index is 0. The van der Waals surface area contributed by atoms with E-state index >= 15 is 0 Å². The van der Waals surface area contributed by atoms with Crippen molar-refractivity contribution in [3.63, 3.8) is 0 Å². The smallest absolute Gasteiger partial charge is 0.506 e. The van der Waals surface area contributed by atoms with Gasteiger partial charge in [-0.15, -0.1) is 0 Å².